The SMILES string of the molecule is CCOC(=O)C1C2CCC(CC2)C1Nc1nc(Cl)nn2cc(COC)cc12. The zero-order chi connectivity index (χ0) is 19.0. The van der Waals surface area contributed by atoms with E-state index in [1.54, 1.807) is 11.6 Å². The van der Waals surface area contributed by atoms with Gasteiger partial charge in [-0.1, -0.05) is 0 Å². The summed E-state index contributed by atoms with van der Waals surface area (Å²) in [7, 11) is 1.66. The third kappa shape index (κ3) is 3.50. The second kappa shape index (κ2) is 7.64. The largest absolute Gasteiger partial charge is 0.466 e. The van der Waals surface area contributed by atoms with Crippen LogP contribution in [0.3, 0.4) is 0 Å². The average molecular weight is 393 g/mol. The molecule has 2 unspecified atom stereocenters. The van der Waals surface area contributed by atoms with Gasteiger partial charge in [0, 0.05) is 19.3 Å². The van der Waals surface area contributed by atoms with Gasteiger partial charge in [0.1, 0.15) is 5.52 Å². The summed E-state index contributed by atoms with van der Waals surface area (Å²) in [5, 5.41) is 7.96. The van der Waals surface area contributed by atoms with Crippen LogP contribution in [0.2, 0.25) is 5.28 Å². The standard InChI is InChI=1S/C19H25ClN4O3/c1-3-27-18(25)15-12-4-6-13(7-5-12)16(15)21-17-14-8-11(10-26-2)9-24(14)23-19(20)22-17/h8-9,12-13,15-16H,3-7,10H2,1-2H3,(H,21,22,23). The second-order valence-electron chi connectivity index (χ2n) is 7.46. The summed E-state index contributed by atoms with van der Waals surface area (Å²) < 4.78 is 12.3. The van der Waals surface area contributed by atoms with Gasteiger partial charge in [0.05, 0.1) is 19.1 Å². The Morgan fingerprint density at radius 1 is 1.33 bits per heavy atom. The Balaban J connectivity index is 1.68. The topological polar surface area (TPSA) is 77.8 Å². The number of methoxy groups -OCH3 is 1. The Morgan fingerprint density at radius 2 is 2.07 bits per heavy atom. The highest BCUT2D eigenvalue weighted by Crippen LogP contribution is 2.47. The molecule has 0 saturated heterocycles. The van der Waals surface area contributed by atoms with Crippen molar-refractivity contribution in [2.75, 3.05) is 19.0 Å². The number of nitrogens with one attached hydrogen (secondary N) is 1. The lowest BCUT2D eigenvalue weighted by Crippen LogP contribution is -2.52. The monoisotopic (exact) mass is 392 g/mol. The Labute approximate surface area is 163 Å². The van der Waals surface area contributed by atoms with Crippen molar-refractivity contribution >= 4 is 28.9 Å². The van der Waals surface area contributed by atoms with Crippen molar-refractivity contribution in [1.82, 2.24) is 14.6 Å². The van der Waals surface area contributed by atoms with E-state index in [4.69, 9.17) is 21.1 Å². The van der Waals surface area contributed by atoms with E-state index < -0.39 is 0 Å². The molecule has 0 aliphatic heterocycles. The molecule has 2 heterocycles. The maximum atomic E-state index is 12.7. The highest BCUT2D eigenvalue weighted by molar-refractivity contribution is 6.28. The number of aromatic nitrogens is 3. The number of anilines is 1. The Morgan fingerprint density at radius 3 is 2.78 bits per heavy atom. The third-order valence-corrected chi connectivity index (χ3v) is 6.05. The molecule has 8 heteroatoms. The van der Waals surface area contributed by atoms with Gasteiger partial charge in [-0.2, -0.15) is 4.98 Å². The summed E-state index contributed by atoms with van der Waals surface area (Å²) in [6.45, 7) is 2.75. The molecule has 3 aliphatic rings. The molecule has 0 radical (unpaired) electrons. The molecule has 27 heavy (non-hydrogen) atoms. The molecule has 0 aromatic carbocycles. The number of fused-ring (bicyclic) bond motifs is 4. The van der Waals surface area contributed by atoms with Crippen LogP contribution in [0.5, 0.6) is 0 Å². The number of nitrogens with zero attached hydrogens (tertiary/aromatic N) is 3. The molecular weight excluding hydrogens is 368 g/mol. The van der Waals surface area contributed by atoms with E-state index in [9.17, 15) is 4.79 Å². The molecule has 0 amide bonds. The van der Waals surface area contributed by atoms with Gasteiger partial charge < -0.3 is 14.8 Å². The molecule has 0 spiro atoms. The molecule has 3 aliphatic carbocycles. The summed E-state index contributed by atoms with van der Waals surface area (Å²) in [6.07, 6.45) is 6.32. The fourth-order valence-electron chi connectivity index (χ4n) is 4.77. The van der Waals surface area contributed by atoms with E-state index in [0.29, 0.717) is 30.9 Å². The number of rotatable bonds is 6. The first-order chi connectivity index (χ1) is 13.1. The maximum absolute atomic E-state index is 12.7. The summed E-state index contributed by atoms with van der Waals surface area (Å²) in [5.41, 5.74) is 1.82. The van der Waals surface area contributed by atoms with Crippen LogP contribution >= 0.6 is 11.6 Å². The molecule has 2 atom stereocenters. The van der Waals surface area contributed by atoms with Gasteiger partial charge in [-0.05, 0) is 67.7 Å². The smallest absolute Gasteiger partial charge is 0.311 e. The van der Waals surface area contributed by atoms with Gasteiger partial charge in [0.2, 0.25) is 5.28 Å². The minimum Gasteiger partial charge on any atom is -0.466 e. The molecule has 3 fully saturated rings. The van der Waals surface area contributed by atoms with Gasteiger partial charge in [-0.3, -0.25) is 4.79 Å². The van der Waals surface area contributed by atoms with Crippen LogP contribution in [0.25, 0.3) is 5.52 Å². The van der Waals surface area contributed by atoms with Gasteiger partial charge in [-0.25, -0.2) is 4.52 Å². The van der Waals surface area contributed by atoms with E-state index in [0.717, 1.165) is 36.8 Å². The quantitative estimate of drug-likeness (QED) is 0.760. The molecule has 2 aromatic rings. The van der Waals surface area contributed by atoms with Crippen molar-refractivity contribution in [2.45, 2.75) is 45.3 Å². The van der Waals surface area contributed by atoms with Crippen LogP contribution in [0.15, 0.2) is 12.3 Å². The van der Waals surface area contributed by atoms with Crippen LogP contribution in [-0.2, 0) is 20.9 Å². The number of hydrogen-bond donors (Lipinski definition) is 1. The molecular formula is C19H25ClN4O3. The van der Waals surface area contributed by atoms with Crippen molar-refractivity contribution < 1.29 is 14.3 Å². The van der Waals surface area contributed by atoms with Gasteiger partial charge in [-0.15, -0.1) is 5.10 Å². The zero-order valence-electron chi connectivity index (χ0n) is 15.7. The van der Waals surface area contributed by atoms with Gasteiger partial charge in [0.15, 0.2) is 5.82 Å². The molecule has 146 valence electrons. The van der Waals surface area contributed by atoms with E-state index in [-0.39, 0.29) is 23.2 Å². The Hall–Kier alpha value is -1.86. The minimum atomic E-state index is -0.139. The van der Waals surface area contributed by atoms with Crippen molar-refractivity contribution in [3.63, 3.8) is 0 Å². The molecule has 5 rings (SSSR count). The lowest BCUT2D eigenvalue weighted by Gasteiger charge is -2.47. The Bertz CT molecular complexity index is 832. The van der Waals surface area contributed by atoms with Crippen LogP contribution in [0, 0.1) is 17.8 Å². The molecule has 1 N–H and O–H groups in total. The summed E-state index contributed by atoms with van der Waals surface area (Å²) in [6, 6.07) is 2.00. The van der Waals surface area contributed by atoms with Crippen molar-refractivity contribution in [1.29, 1.82) is 0 Å². The first-order valence-electron chi connectivity index (χ1n) is 9.57. The van der Waals surface area contributed by atoms with E-state index >= 15 is 0 Å². The fraction of sp³-hybridized carbons (Fsp3) is 0.632. The van der Waals surface area contributed by atoms with Crippen molar-refractivity contribution in [3.8, 4) is 0 Å². The van der Waals surface area contributed by atoms with Crippen LogP contribution < -0.4 is 5.32 Å². The molecule has 2 bridgehead atoms. The summed E-state index contributed by atoms with van der Waals surface area (Å²) in [5.74, 6) is 1.22. The Kier molecular flexibility index (Phi) is 5.23. The third-order valence-electron chi connectivity index (χ3n) is 5.89. The summed E-state index contributed by atoms with van der Waals surface area (Å²) >= 11 is 6.15. The van der Waals surface area contributed by atoms with Crippen LogP contribution in [-0.4, -0.2) is 40.3 Å². The molecule has 7 nitrogen and oxygen atoms in total. The molecule has 2 aromatic heterocycles. The van der Waals surface area contributed by atoms with Gasteiger partial charge >= 0.3 is 5.97 Å². The highest BCUT2D eigenvalue weighted by atomic mass is 35.5. The van der Waals surface area contributed by atoms with Crippen molar-refractivity contribution in [2.24, 2.45) is 17.8 Å². The van der Waals surface area contributed by atoms with Crippen LogP contribution in [0.4, 0.5) is 5.82 Å². The lowest BCUT2D eigenvalue weighted by atomic mass is 9.61. The minimum absolute atomic E-state index is 0.00657. The van der Waals surface area contributed by atoms with Gasteiger partial charge in [0.25, 0.3) is 0 Å². The number of carbonyl (C=O) groups excluding carboxylic acids is 1. The zero-order valence-corrected chi connectivity index (χ0v) is 16.4. The summed E-state index contributed by atoms with van der Waals surface area (Å²) in [4.78, 5) is 17.1. The van der Waals surface area contributed by atoms with E-state index in [2.05, 4.69) is 15.4 Å². The first kappa shape index (κ1) is 18.5. The average Bonchev–Trinajstić information content (AvgIpc) is 3.05. The molecule has 3 saturated carbocycles. The normalized spacial score (nSPS) is 27.1. The highest BCUT2D eigenvalue weighted by Gasteiger charge is 2.48. The number of hydrogen-bond acceptors (Lipinski definition) is 6. The van der Waals surface area contributed by atoms with E-state index in [1.807, 2.05) is 19.2 Å². The first-order valence-corrected chi connectivity index (χ1v) is 9.95. The predicted octanol–water partition coefficient (Wildman–Crippen LogP) is 3.31. The predicted molar refractivity (Wildman–Crippen MR) is 102 cm³/mol. The number of ether oxygens (including phenoxy) is 2. The maximum Gasteiger partial charge on any atom is 0.311 e. The lowest BCUT2D eigenvalue weighted by molar-refractivity contribution is -0.154. The fourth-order valence-corrected chi connectivity index (χ4v) is 4.94. The number of halogens is 1. The van der Waals surface area contributed by atoms with E-state index in [1.165, 1.54) is 0 Å². The number of esters is 1. The van der Waals surface area contributed by atoms with Crippen molar-refractivity contribution in [3.05, 3.63) is 23.1 Å². The van der Waals surface area contributed by atoms with Crippen LogP contribution in [0.1, 0.15) is 38.2 Å². The number of carbonyl (C=O) groups is 1. The second-order valence-corrected chi connectivity index (χ2v) is 7.80.